The molecule has 2 aromatic carbocycles. The highest BCUT2D eigenvalue weighted by Crippen LogP contribution is 2.40. The minimum Gasteiger partial charge on any atom is -0.309 e. The fraction of sp³-hybridized carbons (Fsp3) is 0.125. The number of anilines is 3. The van der Waals surface area contributed by atoms with Gasteiger partial charge in [-0.1, -0.05) is 23.7 Å². The molecule has 6 heteroatoms. The van der Waals surface area contributed by atoms with E-state index in [9.17, 15) is 9.59 Å². The van der Waals surface area contributed by atoms with E-state index in [2.05, 4.69) is 0 Å². The summed E-state index contributed by atoms with van der Waals surface area (Å²) in [4.78, 5) is 28.1. The molecule has 22 heavy (non-hydrogen) atoms. The smallest absolute Gasteiger partial charge is 0.260 e. The Bertz CT molecular complexity index is 776. The van der Waals surface area contributed by atoms with E-state index in [1.165, 1.54) is 9.80 Å². The molecule has 1 heterocycles. The van der Waals surface area contributed by atoms with Gasteiger partial charge < -0.3 is 4.90 Å². The third kappa shape index (κ3) is 2.25. The zero-order chi connectivity index (χ0) is 15.9. The Kier molecular flexibility index (Phi) is 3.81. The van der Waals surface area contributed by atoms with Crippen molar-refractivity contribution in [3.63, 3.8) is 0 Å². The number of nitrogens with zero attached hydrogens (tertiary/aromatic N) is 2. The minimum atomic E-state index is -0.305. The molecular weight excluding hydrogens is 323 g/mol. The number of carbonyl (C=O) groups excluding carboxylic acids is 2. The Morgan fingerprint density at radius 1 is 1.09 bits per heavy atom. The number of halogens is 2. The molecular formula is C16H12Cl2N2O2. The number of amides is 2. The fourth-order valence-corrected chi connectivity index (χ4v) is 2.85. The van der Waals surface area contributed by atoms with E-state index < -0.39 is 0 Å². The number of fused-ring (bicyclic) bond motifs is 2. The molecule has 2 amide bonds. The molecule has 0 aliphatic carbocycles. The van der Waals surface area contributed by atoms with Gasteiger partial charge in [0.1, 0.15) is 5.88 Å². The van der Waals surface area contributed by atoms with Crippen LogP contribution in [-0.4, -0.2) is 24.7 Å². The van der Waals surface area contributed by atoms with Gasteiger partial charge >= 0.3 is 0 Å². The molecule has 0 saturated carbocycles. The lowest BCUT2D eigenvalue weighted by atomic mass is 10.1. The van der Waals surface area contributed by atoms with Gasteiger partial charge in [0.15, 0.2) is 0 Å². The van der Waals surface area contributed by atoms with E-state index in [0.29, 0.717) is 27.6 Å². The SMILES string of the molecule is CN1C(=O)c2cc(Cl)ccc2N(C(=O)CCl)c2ccccc21. The number of hydrogen-bond acceptors (Lipinski definition) is 2. The molecule has 0 fully saturated rings. The highest BCUT2D eigenvalue weighted by molar-refractivity contribution is 6.33. The van der Waals surface area contributed by atoms with Crippen molar-refractivity contribution in [3.05, 3.63) is 53.1 Å². The fourth-order valence-electron chi connectivity index (χ4n) is 2.56. The third-order valence-electron chi connectivity index (χ3n) is 3.58. The van der Waals surface area contributed by atoms with E-state index >= 15 is 0 Å². The molecule has 2 aromatic rings. The largest absolute Gasteiger partial charge is 0.309 e. The van der Waals surface area contributed by atoms with Crippen LogP contribution in [0.3, 0.4) is 0 Å². The lowest BCUT2D eigenvalue weighted by Crippen LogP contribution is -2.27. The van der Waals surface area contributed by atoms with Crippen molar-refractivity contribution < 1.29 is 9.59 Å². The van der Waals surface area contributed by atoms with Gasteiger partial charge in [0.25, 0.3) is 5.91 Å². The summed E-state index contributed by atoms with van der Waals surface area (Å²) in [7, 11) is 1.67. The number of alkyl halides is 1. The summed E-state index contributed by atoms with van der Waals surface area (Å²) in [5, 5.41) is 0.435. The van der Waals surface area contributed by atoms with Gasteiger partial charge in [0.05, 0.1) is 22.6 Å². The second-order valence-corrected chi connectivity index (χ2v) is 5.58. The van der Waals surface area contributed by atoms with Crippen LogP contribution in [-0.2, 0) is 4.79 Å². The van der Waals surface area contributed by atoms with Crippen LogP contribution in [0.15, 0.2) is 42.5 Å². The first-order valence-electron chi connectivity index (χ1n) is 6.60. The molecule has 0 N–H and O–H groups in total. The summed E-state index contributed by atoms with van der Waals surface area (Å²) in [5.41, 5.74) is 2.10. The lowest BCUT2D eigenvalue weighted by molar-refractivity contribution is -0.115. The Labute approximate surface area is 137 Å². The van der Waals surface area contributed by atoms with Crippen molar-refractivity contribution >= 4 is 52.1 Å². The predicted molar refractivity (Wildman–Crippen MR) is 88.5 cm³/mol. The molecule has 0 aromatic heterocycles. The summed E-state index contributed by atoms with van der Waals surface area (Å²) in [6.45, 7) is 0. The van der Waals surface area contributed by atoms with Gasteiger partial charge in [-0.15, -0.1) is 11.6 Å². The Morgan fingerprint density at radius 3 is 2.45 bits per heavy atom. The maximum absolute atomic E-state index is 12.7. The molecule has 0 atom stereocenters. The van der Waals surface area contributed by atoms with Crippen LogP contribution in [0, 0.1) is 0 Å². The molecule has 0 unspecified atom stereocenters. The van der Waals surface area contributed by atoms with E-state index in [0.717, 1.165) is 0 Å². The van der Waals surface area contributed by atoms with Crippen LogP contribution in [0.1, 0.15) is 10.4 Å². The predicted octanol–water partition coefficient (Wildman–Crippen LogP) is 3.83. The minimum absolute atomic E-state index is 0.186. The number of hydrogen-bond donors (Lipinski definition) is 0. The molecule has 0 spiro atoms. The quantitative estimate of drug-likeness (QED) is 0.743. The van der Waals surface area contributed by atoms with Crippen LogP contribution < -0.4 is 9.80 Å². The number of benzene rings is 2. The van der Waals surface area contributed by atoms with E-state index in [1.807, 2.05) is 12.1 Å². The number of rotatable bonds is 1. The van der Waals surface area contributed by atoms with Crippen LogP contribution in [0.25, 0.3) is 0 Å². The van der Waals surface area contributed by atoms with Gasteiger partial charge in [-0.3, -0.25) is 14.5 Å². The maximum atomic E-state index is 12.7. The maximum Gasteiger partial charge on any atom is 0.260 e. The molecule has 112 valence electrons. The average Bonchev–Trinajstić information content (AvgIpc) is 2.62. The highest BCUT2D eigenvalue weighted by Gasteiger charge is 2.31. The van der Waals surface area contributed by atoms with Gasteiger partial charge in [-0.05, 0) is 30.3 Å². The summed E-state index contributed by atoms with van der Waals surface area (Å²) in [6, 6.07) is 12.1. The van der Waals surface area contributed by atoms with Crippen molar-refractivity contribution in [2.24, 2.45) is 0 Å². The molecule has 0 radical (unpaired) electrons. The van der Waals surface area contributed by atoms with Gasteiger partial charge in [-0.25, -0.2) is 0 Å². The van der Waals surface area contributed by atoms with Crippen molar-refractivity contribution in [1.82, 2.24) is 0 Å². The third-order valence-corrected chi connectivity index (χ3v) is 4.05. The van der Waals surface area contributed by atoms with E-state index in [4.69, 9.17) is 23.2 Å². The second-order valence-electron chi connectivity index (χ2n) is 4.88. The molecule has 0 bridgehead atoms. The van der Waals surface area contributed by atoms with Crippen molar-refractivity contribution in [1.29, 1.82) is 0 Å². The normalized spacial score (nSPS) is 13.5. The number of carbonyl (C=O) groups is 2. The van der Waals surface area contributed by atoms with Gasteiger partial charge in [0, 0.05) is 12.1 Å². The first-order valence-corrected chi connectivity index (χ1v) is 7.51. The monoisotopic (exact) mass is 334 g/mol. The highest BCUT2D eigenvalue weighted by atomic mass is 35.5. The zero-order valence-electron chi connectivity index (χ0n) is 11.7. The topological polar surface area (TPSA) is 40.6 Å². The summed E-state index contributed by atoms with van der Waals surface area (Å²) < 4.78 is 0. The van der Waals surface area contributed by atoms with Gasteiger partial charge in [-0.2, -0.15) is 0 Å². The Morgan fingerprint density at radius 2 is 1.77 bits per heavy atom. The zero-order valence-corrected chi connectivity index (χ0v) is 13.2. The Balaban J connectivity index is 2.35. The summed E-state index contributed by atoms with van der Waals surface area (Å²) in [5.74, 6) is -0.718. The van der Waals surface area contributed by atoms with Crippen LogP contribution >= 0.6 is 23.2 Å². The first kappa shape index (κ1) is 14.9. The van der Waals surface area contributed by atoms with E-state index in [-0.39, 0.29) is 17.7 Å². The summed E-state index contributed by atoms with van der Waals surface area (Å²) >= 11 is 11.8. The standard InChI is InChI=1S/C16H12Cl2N2O2/c1-19-13-4-2-3-5-14(13)20(15(21)9-17)12-7-6-10(18)8-11(12)16(19)22/h2-8H,9H2,1H3. The molecule has 1 aliphatic rings. The molecule has 1 aliphatic heterocycles. The average molecular weight is 335 g/mol. The molecule has 4 nitrogen and oxygen atoms in total. The van der Waals surface area contributed by atoms with Crippen molar-refractivity contribution in [3.8, 4) is 0 Å². The van der Waals surface area contributed by atoms with Crippen LogP contribution in [0.4, 0.5) is 17.1 Å². The van der Waals surface area contributed by atoms with Crippen LogP contribution in [0.2, 0.25) is 5.02 Å². The Hall–Kier alpha value is -2.04. The van der Waals surface area contributed by atoms with Crippen LogP contribution in [0.5, 0.6) is 0 Å². The number of para-hydroxylation sites is 2. The molecule has 3 rings (SSSR count). The van der Waals surface area contributed by atoms with Crippen molar-refractivity contribution in [2.75, 3.05) is 22.7 Å². The van der Waals surface area contributed by atoms with Crippen molar-refractivity contribution in [2.45, 2.75) is 0 Å². The summed E-state index contributed by atoms with van der Waals surface area (Å²) in [6.07, 6.45) is 0. The molecule has 0 saturated heterocycles. The lowest BCUT2D eigenvalue weighted by Gasteiger charge is -2.24. The second kappa shape index (κ2) is 5.63. The van der Waals surface area contributed by atoms with E-state index in [1.54, 1.807) is 37.4 Å². The van der Waals surface area contributed by atoms with Gasteiger partial charge in [0.2, 0.25) is 5.91 Å². The first-order chi connectivity index (χ1) is 10.5.